The van der Waals surface area contributed by atoms with E-state index < -0.39 is 24.1 Å². The lowest BCUT2D eigenvalue weighted by atomic mass is 9.88. The molecule has 2 saturated heterocycles. The van der Waals surface area contributed by atoms with E-state index in [2.05, 4.69) is 47.0 Å². The molecule has 4 amide bonds. The van der Waals surface area contributed by atoms with Crippen LogP contribution in [0.4, 0.5) is 4.79 Å². The van der Waals surface area contributed by atoms with Crippen molar-refractivity contribution < 1.29 is 19.5 Å². The first-order valence-electron chi connectivity index (χ1n) is 10.2. The highest BCUT2D eigenvalue weighted by molar-refractivity contribution is 6.08. The number of aliphatic hydroxyl groups excluding tert-OH is 1. The maximum atomic E-state index is 12.7. The summed E-state index contributed by atoms with van der Waals surface area (Å²) in [4.78, 5) is 37.8. The molecule has 0 bridgehead atoms. The third-order valence-corrected chi connectivity index (χ3v) is 6.07. The van der Waals surface area contributed by atoms with E-state index in [4.69, 9.17) is 0 Å². The van der Waals surface area contributed by atoms with Crippen LogP contribution in [0.1, 0.15) is 30.7 Å². The second kappa shape index (κ2) is 8.28. The summed E-state index contributed by atoms with van der Waals surface area (Å²) < 4.78 is 0. The molecule has 7 nitrogen and oxygen atoms in total. The zero-order valence-corrected chi connectivity index (χ0v) is 16.6. The zero-order chi connectivity index (χ0) is 21.1. The Balaban J connectivity index is 1.35. The number of hydrogen-bond acceptors (Lipinski definition) is 4. The minimum absolute atomic E-state index is 0.237. The van der Waals surface area contributed by atoms with Gasteiger partial charge in [0.15, 0.2) is 5.54 Å². The largest absolute Gasteiger partial charge is 0.393 e. The molecule has 30 heavy (non-hydrogen) atoms. The van der Waals surface area contributed by atoms with Crippen LogP contribution in [0.3, 0.4) is 0 Å². The van der Waals surface area contributed by atoms with Crippen LogP contribution < -0.4 is 10.6 Å². The van der Waals surface area contributed by atoms with Crippen LogP contribution in [0.25, 0.3) is 11.1 Å². The van der Waals surface area contributed by atoms with E-state index in [1.165, 1.54) is 16.7 Å². The summed E-state index contributed by atoms with van der Waals surface area (Å²) in [6.07, 6.45) is 1.43. The van der Waals surface area contributed by atoms with Crippen molar-refractivity contribution in [3.8, 4) is 11.1 Å². The second-order valence-corrected chi connectivity index (χ2v) is 7.97. The molecule has 2 fully saturated rings. The summed E-state index contributed by atoms with van der Waals surface area (Å²) in [5, 5.41) is 14.1. The number of amides is 4. The average molecular weight is 407 g/mol. The number of carbonyl (C=O) groups is 3. The van der Waals surface area contributed by atoms with E-state index >= 15 is 0 Å². The Morgan fingerprint density at radius 3 is 2.20 bits per heavy atom. The first-order valence-corrected chi connectivity index (χ1v) is 10.2. The van der Waals surface area contributed by atoms with Crippen LogP contribution in [-0.4, -0.2) is 53.1 Å². The van der Waals surface area contributed by atoms with Crippen molar-refractivity contribution in [1.29, 1.82) is 0 Å². The summed E-state index contributed by atoms with van der Waals surface area (Å²) in [5.41, 5.74) is 2.07. The van der Waals surface area contributed by atoms with Gasteiger partial charge in [-0.25, -0.2) is 4.79 Å². The van der Waals surface area contributed by atoms with Gasteiger partial charge in [-0.2, -0.15) is 0 Å². The predicted octanol–water partition coefficient (Wildman–Crippen LogP) is 2.02. The van der Waals surface area contributed by atoms with E-state index in [1.54, 1.807) is 4.90 Å². The molecule has 0 aliphatic carbocycles. The van der Waals surface area contributed by atoms with Gasteiger partial charge in [-0.15, -0.1) is 0 Å². The molecule has 2 heterocycles. The first-order chi connectivity index (χ1) is 14.5. The molecule has 0 radical (unpaired) electrons. The minimum atomic E-state index is -1.56. The summed E-state index contributed by atoms with van der Waals surface area (Å²) in [5.74, 6) is -0.517. The third-order valence-electron chi connectivity index (χ3n) is 6.07. The van der Waals surface area contributed by atoms with Crippen LogP contribution in [0, 0.1) is 0 Å². The number of rotatable bonds is 5. The van der Waals surface area contributed by atoms with Crippen LogP contribution in [0.5, 0.6) is 0 Å². The van der Waals surface area contributed by atoms with Gasteiger partial charge in [-0.1, -0.05) is 54.6 Å². The lowest BCUT2D eigenvalue weighted by molar-refractivity contribution is -0.138. The summed E-state index contributed by atoms with van der Waals surface area (Å²) in [6, 6.07) is 18.1. The number of hydrogen-bond donors (Lipinski definition) is 3. The van der Waals surface area contributed by atoms with Gasteiger partial charge >= 0.3 is 6.03 Å². The standard InChI is InChI=1S/C23H25N3O4/c27-15-23(21(29)24-22(30)25-23)14-20(28)26-12-10-19(11-13-26)18-8-6-17(7-9-18)16-4-2-1-3-5-16/h1-9,19,27H,10-15H2,(H2,24,25,29,30). The number of likely N-dealkylation sites (tertiary alicyclic amines) is 1. The van der Waals surface area contributed by atoms with Gasteiger partial charge in [0, 0.05) is 13.1 Å². The lowest BCUT2D eigenvalue weighted by Gasteiger charge is -2.34. The normalized spacial score (nSPS) is 22.0. The molecular weight excluding hydrogens is 382 g/mol. The number of urea groups is 1. The summed E-state index contributed by atoms with van der Waals surface area (Å²) in [7, 11) is 0. The van der Waals surface area contributed by atoms with Crippen molar-refractivity contribution >= 4 is 17.8 Å². The Hall–Kier alpha value is -3.19. The van der Waals surface area contributed by atoms with Gasteiger partial charge in [-0.05, 0) is 35.4 Å². The molecule has 2 aliphatic heterocycles. The smallest absolute Gasteiger partial charge is 0.322 e. The minimum Gasteiger partial charge on any atom is -0.393 e. The Bertz CT molecular complexity index is 937. The number of benzene rings is 2. The highest BCUT2D eigenvalue weighted by Crippen LogP contribution is 2.30. The van der Waals surface area contributed by atoms with Crippen LogP contribution in [0.15, 0.2) is 54.6 Å². The van der Waals surface area contributed by atoms with Gasteiger partial charge in [0.1, 0.15) is 0 Å². The number of nitrogens with one attached hydrogen (secondary N) is 2. The molecule has 4 rings (SSSR count). The van der Waals surface area contributed by atoms with E-state index in [0.717, 1.165) is 12.8 Å². The van der Waals surface area contributed by atoms with E-state index in [1.807, 2.05) is 18.2 Å². The molecular formula is C23H25N3O4. The molecule has 1 atom stereocenters. The van der Waals surface area contributed by atoms with Crippen molar-refractivity contribution in [3.63, 3.8) is 0 Å². The van der Waals surface area contributed by atoms with Gasteiger partial charge in [0.2, 0.25) is 5.91 Å². The molecule has 2 aromatic rings. The van der Waals surface area contributed by atoms with Crippen molar-refractivity contribution in [1.82, 2.24) is 15.5 Å². The van der Waals surface area contributed by atoms with E-state index in [0.29, 0.717) is 19.0 Å². The van der Waals surface area contributed by atoms with Crippen molar-refractivity contribution in [3.05, 3.63) is 60.2 Å². The number of imide groups is 1. The Morgan fingerprint density at radius 1 is 1.00 bits per heavy atom. The maximum absolute atomic E-state index is 12.7. The fourth-order valence-corrected chi connectivity index (χ4v) is 4.23. The highest BCUT2D eigenvalue weighted by atomic mass is 16.3. The van der Waals surface area contributed by atoms with Crippen molar-refractivity contribution in [2.75, 3.05) is 19.7 Å². The zero-order valence-electron chi connectivity index (χ0n) is 16.6. The van der Waals surface area contributed by atoms with Crippen LogP contribution in [0.2, 0.25) is 0 Å². The van der Waals surface area contributed by atoms with Gasteiger partial charge in [-0.3, -0.25) is 14.9 Å². The quantitative estimate of drug-likeness (QED) is 0.661. The summed E-state index contributed by atoms with van der Waals surface area (Å²) in [6.45, 7) is 0.558. The molecule has 3 N–H and O–H groups in total. The Kier molecular flexibility index (Phi) is 5.55. The Labute approximate surface area is 175 Å². The third kappa shape index (κ3) is 3.93. The molecule has 2 aromatic carbocycles. The highest BCUT2D eigenvalue weighted by Gasteiger charge is 2.48. The average Bonchev–Trinajstić information content (AvgIpc) is 3.07. The first kappa shape index (κ1) is 20.1. The van der Waals surface area contributed by atoms with Crippen LogP contribution in [-0.2, 0) is 9.59 Å². The molecule has 0 spiro atoms. The topological polar surface area (TPSA) is 98.7 Å². The molecule has 1 unspecified atom stereocenters. The second-order valence-electron chi connectivity index (χ2n) is 7.97. The number of nitrogens with zero attached hydrogens (tertiary/aromatic N) is 1. The maximum Gasteiger partial charge on any atom is 0.322 e. The Morgan fingerprint density at radius 2 is 1.63 bits per heavy atom. The van der Waals surface area contributed by atoms with Gasteiger partial charge in [0.25, 0.3) is 5.91 Å². The van der Waals surface area contributed by atoms with E-state index in [9.17, 15) is 19.5 Å². The lowest BCUT2D eigenvalue weighted by Crippen LogP contribution is -2.54. The van der Waals surface area contributed by atoms with Crippen LogP contribution >= 0.6 is 0 Å². The molecule has 156 valence electrons. The molecule has 0 aromatic heterocycles. The van der Waals surface area contributed by atoms with Crippen molar-refractivity contribution in [2.24, 2.45) is 0 Å². The predicted molar refractivity (Wildman–Crippen MR) is 112 cm³/mol. The summed E-state index contributed by atoms with van der Waals surface area (Å²) >= 11 is 0. The number of carbonyl (C=O) groups excluding carboxylic acids is 3. The van der Waals surface area contributed by atoms with Gasteiger partial charge < -0.3 is 15.3 Å². The van der Waals surface area contributed by atoms with Gasteiger partial charge in [0.05, 0.1) is 13.0 Å². The fraction of sp³-hybridized carbons (Fsp3) is 0.348. The van der Waals surface area contributed by atoms with E-state index in [-0.39, 0.29) is 12.3 Å². The number of aliphatic hydroxyl groups is 1. The molecule has 0 saturated carbocycles. The SMILES string of the molecule is O=C1NC(=O)C(CO)(CC(=O)N2CCC(c3ccc(-c4ccccc4)cc3)CC2)N1. The fourth-order valence-electron chi connectivity index (χ4n) is 4.23. The monoisotopic (exact) mass is 407 g/mol. The molecule has 7 heteroatoms. The molecule has 2 aliphatic rings. The van der Waals surface area contributed by atoms with Crippen molar-refractivity contribution in [2.45, 2.75) is 30.7 Å². The number of piperidine rings is 1.